The second-order valence-electron chi connectivity index (χ2n) is 3.82. The van der Waals surface area contributed by atoms with Crippen LogP contribution in [0.3, 0.4) is 0 Å². The zero-order chi connectivity index (χ0) is 13.7. The number of carbonyl (C=O) groups is 2. The van der Waals surface area contributed by atoms with Crippen LogP contribution in [0.25, 0.3) is 0 Å². The molecule has 6 nitrogen and oxygen atoms in total. The zero-order valence-corrected chi connectivity index (χ0v) is 9.85. The number of nitrogens with zero attached hydrogens (tertiary/aromatic N) is 1. The molecule has 1 aromatic carbocycles. The van der Waals surface area contributed by atoms with Crippen LogP contribution >= 0.6 is 0 Å². The maximum absolute atomic E-state index is 11.3. The van der Waals surface area contributed by atoms with Crippen LogP contribution in [0, 0.1) is 0 Å². The van der Waals surface area contributed by atoms with Crippen LogP contribution in [0.15, 0.2) is 30.3 Å². The summed E-state index contributed by atoms with van der Waals surface area (Å²) < 4.78 is 0. The molecule has 0 aromatic heterocycles. The number of carbonyl (C=O) groups excluding carboxylic acids is 1. The Bertz CT molecular complexity index is 423. The lowest BCUT2D eigenvalue weighted by Crippen LogP contribution is -2.53. The van der Waals surface area contributed by atoms with Gasteiger partial charge in [-0.1, -0.05) is 30.3 Å². The van der Waals surface area contributed by atoms with Crippen molar-refractivity contribution in [3.63, 3.8) is 0 Å². The monoisotopic (exact) mass is 251 g/mol. The topological polar surface area (TPSA) is 98.1 Å². The Morgan fingerprint density at radius 1 is 1.28 bits per heavy atom. The number of carboxylic acid groups (broad SMARTS) is 1. The molecule has 18 heavy (non-hydrogen) atoms. The molecule has 0 aliphatic heterocycles. The minimum absolute atomic E-state index is 0.00731. The summed E-state index contributed by atoms with van der Waals surface area (Å²) in [6.07, 6.45) is 0.00731. The molecule has 0 bridgehead atoms. The molecule has 0 spiro atoms. The van der Waals surface area contributed by atoms with Crippen LogP contribution in [0.4, 0.5) is 0 Å². The van der Waals surface area contributed by atoms with E-state index in [0.29, 0.717) is 10.4 Å². The van der Waals surface area contributed by atoms with Gasteiger partial charge in [0.25, 0.3) is 0 Å². The second-order valence-corrected chi connectivity index (χ2v) is 3.82. The van der Waals surface area contributed by atoms with Crippen molar-refractivity contribution >= 4 is 19.1 Å². The van der Waals surface area contributed by atoms with Crippen molar-refractivity contribution in [3.8, 4) is 0 Å². The van der Waals surface area contributed by atoms with Gasteiger partial charge in [0, 0.05) is 13.3 Å². The van der Waals surface area contributed by atoms with Gasteiger partial charge in [-0.3, -0.25) is 9.59 Å². The predicted octanol–water partition coefficient (Wildman–Crippen LogP) is -0.500. The lowest BCUT2D eigenvalue weighted by Gasteiger charge is -2.27. The van der Waals surface area contributed by atoms with Gasteiger partial charge in [-0.15, -0.1) is 0 Å². The lowest BCUT2D eigenvalue weighted by molar-refractivity contribution is -0.146. The molecular weight excluding hydrogens is 237 g/mol. The van der Waals surface area contributed by atoms with Gasteiger partial charge < -0.3 is 20.0 Å². The standard InChI is InChI=1S/C11H14BNO5/c1-8(14)13(12(17)18)10(11(15)16)7-9-5-3-2-4-6-9/h2-6,10,17-18H,7H2,1H3,(H,15,16)/t10-/m0/s1. The van der Waals surface area contributed by atoms with Crippen molar-refractivity contribution in [1.29, 1.82) is 0 Å². The summed E-state index contributed by atoms with van der Waals surface area (Å²) >= 11 is 0. The summed E-state index contributed by atoms with van der Waals surface area (Å²) in [5.74, 6) is -2.00. The molecule has 1 atom stereocenters. The molecule has 0 fully saturated rings. The van der Waals surface area contributed by atoms with E-state index in [1.807, 2.05) is 0 Å². The van der Waals surface area contributed by atoms with Gasteiger partial charge in [-0.2, -0.15) is 0 Å². The Kier molecular flexibility index (Phi) is 4.88. The molecule has 1 rings (SSSR count). The van der Waals surface area contributed by atoms with Gasteiger partial charge in [0.2, 0.25) is 5.91 Å². The summed E-state index contributed by atoms with van der Waals surface area (Å²) in [4.78, 5) is 22.9. The van der Waals surface area contributed by atoms with Crippen LogP contribution in [0.2, 0.25) is 0 Å². The van der Waals surface area contributed by atoms with Crippen molar-refractivity contribution < 1.29 is 24.7 Å². The van der Waals surface area contributed by atoms with Gasteiger partial charge in [0.15, 0.2) is 0 Å². The molecule has 7 heteroatoms. The second kappa shape index (κ2) is 6.18. The zero-order valence-electron chi connectivity index (χ0n) is 9.85. The third-order valence-corrected chi connectivity index (χ3v) is 2.51. The minimum atomic E-state index is -2.13. The number of amides is 1. The first kappa shape index (κ1) is 14.2. The fraction of sp³-hybridized carbons (Fsp3) is 0.273. The quantitative estimate of drug-likeness (QED) is 0.613. The number of hydrogen-bond acceptors (Lipinski definition) is 4. The molecule has 96 valence electrons. The average Bonchev–Trinajstić information content (AvgIpc) is 2.28. The SMILES string of the molecule is CC(=O)N(B(O)O)[C@@H](Cc1ccccc1)C(=O)O. The van der Waals surface area contributed by atoms with E-state index < -0.39 is 25.2 Å². The first-order valence-electron chi connectivity index (χ1n) is 5.35. The van der Waals surface area contributed by atoms with Crippen LogP contribution in [0.1, 0.15) is 12.5 Å². The Hall–Kier alpha value is -1.86. The van der Waals surface area contributed by atoms with Gasteiger partial charge in [0.1, 0.15) is 6.04 Å². The van der Waals surface area contributed by atoms with E-state index in [2.05, 4.69) is 0 Å². The summed E-state index contributed by atoms with van der Waals surface area (Å²) in [6, 6.07) is 7.35. The molecule has 3 N–H and O–H groups in total. The number of benzene rings is 1. The van der Waals surface area contributed by atoms with E-state index in [0.717, 1.165) is 6.92 Å². The summed E-state index contributed by atoms with van der Waals surface area (Å²) in [5, 5.41) is 27.2. The Labute approximate surface area is 105 Å². The summed E-state index contributed by atoms with van der Waals surface area (Å²) in [5.41, 5.74) is 0.691. The highest BCUT2D eigenvalue weighted by molar-refractivity contribution is 6.42. The molecule has 0 aliphatic rings. The average molecular weight is 251 g/mol. The normalized spacial score (nSPS) is 11.7. The molecule has 0 radical (unpaired) electrons. The fourth-order valence-electron chi connectivity index (χ4n) is 1.69. The van der Waals surface area contributed by atoms with E-state index in [4.69, 9.17) is 15.2 Å². The van der Waals surface area contributed by atoms with Crippen molar-refractivity contribution in [2.24, 2.45) is 0 Å². The smallest absolute Gasteiger partial charge is 0.480 e. The van der Waals surface area contributed by atoms with Gasteiger partial charge >= 0.3 is 13.2 Å². The molecule has 1 aromatic rings. The fourth-order valence-corrected chi connectivity index (χ4v) is 1.69. The lowest BCUT2D eigenvalue weighted by atomic mass is 9.96. The summed E-state index contributed by atoms with van der Waals surface area (Å²) in [6.45, 7) is 1.08. The Morgan fingerprint density at radius 3 is 2.22 bits per heavy atom. The number of carboxylic acids is 1. The van der Waals surface area contributed by atoms with E-state index in [-0.39, 0.29) is 6.42 Å². The van der Waals surface area contributed by atoms with E-state index >= 15 is 0 Å². The van der Waals surface area contributed by atoms with Crippen molar-refractivity contribution in [2.75, 3.05) is 0 Å². The maximum Gasteiger partial charge on any atom is 0.590 e. The van der Waals surface area contributed by atoms with E-state index in [1.165, 1.54) is 0 Å². The van der Waals surface area contributed by atoms with Crippen LogP contribution < -0.4 is 0 Å². The third-order valence-electron chi connectivity index (χ3n) is 2.51. The van der Waals surface area contributed by atoms with Crippen molar-refractivity contribution in [1.82, 2.24) is 4.81 Å². The highest BCUT2D eigenvalue weighted by atomic mass is 16.4. The molecule has 1 amide bonds. The van der Waals surface area contributed by atoms with E-state index in [1.54, 1.807) is 30.3 Å². The molecule has 0 aliphatic carbocycles. The molecule has 0 saturated carbocycles. The molecule has 0 heterocycles. The van der Waals surface area contributed by atoms with E-state index in [9.17, 15) is 9.59 Å². The summed E-state index contributed by atoms with van der Waals surface area (Å²) in [7, 11) is -2.13. The number of aliphatic carboxylic acids is 1. The number of rotatable bonds is 5. The third kappa shape index (κ3) is 3.58. The van der Waals surface area contributed by atoms with Crippen LogP contribution in [-0.2, 0) is 16.0 Å². The Balaban J connectivity index is 2.95. The predicted molar refractivity (Wildman–Crippen MR) is 64.3 cm³/mol. The molecule has 0 saturated heterocycles. The highest BCUT2D eigenvalue weighted by Crippen LogP contribution is 2.10. The largest absolute Gasteiger partial charge is 0.590 e. The van der Waals surface area contributed by atoms with Gasteiger partial charge in [-0.05, 0) is 5.56 Å². The molecule has 0 unspecified atom stereocenters. The first-order chi connectivity index (χ1) is 8.43. The van der Waals surface area contributed by atoms with Gasteiger partial charge in [0.05, 0.1) is 0 Å². The van der Waals surface area contributed by atoms with Crippen molar-refractivity contribution in [3.05, 3.63) is 35.9 Å². The highest BCUT2D eigenvalue weighted by Gasteiger charge is 2.35. The number of hydrogen-bond donors (Lipinski definition) is 3. The Morgan fingerprint density at radius 2 is 1.83 bits per heavy atom. The van der Waals surface area contributed by atoms with Crippen LogP contribution in [-0.4, -0.2) is 45.1 Å². The minimum Gasteiger partial charge on any atom is -0.480 e. The van der Waals surface area contributed by atoms with Crippen LogP contribution in [0.5, 0.6) is 0 Å². The van der Waals surface area contributed by atoms with Crippen molar-refractivity contribution in [2.45, 2.75) is 19.4 Å². The first-order valence-corrected chi connectivity index (χ1v) is 5.35. The van der Waals surface area contributed by atoms with Gasteiger partial charge in [-0.25, -0.2) is 0 Å². The molecular formula is C11H14BNO5. The maximum atomic E-state index is 11.3.